The molecule has 164 valence electrons. The van der Waals surface area contributed by atoms with E-state index in [0.29, 0.717) is 35.0 Å². The van der Waals surface area contributed by atoms with E-state index in [2.05, 4.69) is 15.8 Å². The first-order chi connectivity index (χ1) is 15.0. The summed E-state index contributed by atoms with van der Waals surface area (Å²) in [6.07, 6.45) is 1.17. The molecule has 2 aromatic rings. The predicted molar refractivity (Wildman–Crippen MR) is 120 cm³/mol. The molecule has 31 heavy (non-hydrogen) atoms. The van der Waals surface area contributed by atoms with Gasteiger partial charge < -0.3 is 14.8 Å². The number of hydrogen-bond acceptors (Lipinski definition) is 8. The van der Waals surface area contributed by atoms with Crippen molar-refractivity contribution in [2.45, 2.75) is 32.5 Å². The molecule has 1 aromatic heterocycles. The molecule has 2 N–H and O–H groups in total. The van der Waals surface area contributed by atoms with Crippen molar-refractivity contribution in [1.29, 1.82) is 0 Å². The topological polar surface area (TPSA) is 95.5 Å². The van der Waals surface area contributed by atoms with Crippen LogP contribution in [0.2, 0.25) is 0 Å². The first-order valence-electron chi connectivity index (χ1n) is 10.1. The molecule has 2 aliphatic rings. The van der Waals surface area contributed by atoms with Crippen molar-refractivity contribution in [1.82, 2.24) is 10.3 Å². The van der Waals surface area contributed by atoms with Gasteiger partial charge in [0.2, 0.25) is 12.2 Å². The molecule has 3 heterocycles. The Morgan fingerprint density at radius 3 is 2.68 bits per heavy atom. The second kappa shape index (κ2) is 8.84. The lowest BCUT2D eigenvalue weighted by Crippen LogP contribution is -2.58. The zero-order chi connectivity index (χ0) is 22.0. The lowest BCUT2D eigenvalue weighted by atomic mass is 10.2. The number of nitrogens with zero attached hydrogens (tertiary/aromatic N) is 3. The highest BCUT2D eigenvalue weighted by Gasteiger charge is 2.43. The first-order valence-corrected chi connectivity index (χ1v) is 11.0. The summed E-state index contributed by atoms with van der Waals surface area (Å²) in [5.74, 6) is 1.80. The fourth-order valence-corrected chi connectivity index (χ4v) is 4.57. The van der Waals surface area contributed by atoms with Gasteiger partial charge in [-0.15, -0.1) is 11.3 Å². The van der Waals surface area contributed by atoms with Gasteiger partial charge in [0.1, 0.15) is 22.2 Å². The lowest BCUT2D eigenvalue weighted by Gasteiger charge is -2.39. The Balaban J connectivity index is 1.45. The second-order valence-electron chi connectivity index (χ2n) is 7.18. The number of carbonyl (C=O) groups is 2. The van der Waals surface area contributed by atoms with E-state index in [1.807, 2.05) is 23.3 Å². The van der Waals surface area contributed by atoms with Crippen LogP contribution in [-0.4, -0.2) is 49.6 Å². The number of nitrogens with one attached hydrogen (secondary N) is 2. The van der Waals surface area contributed by atoms with Crippen LogP contribution < -0.4 is 25.1 Å². The summed E-state index contributed by atoms with van der Waals surface area (Å²) in [5, 5.41) is 9.24. The second-order valence-corrected chi connectivity index (χ2v) is 8.10. The van der Waals surface area contributed by atoms with Crippen LogP contribution in [0.3, 0.4) is 0 Å². The average Bonchev–Trinajstić information content (AvgIpc) is 3.42. The number of rotatable bonds is 8. The van der Waals surface area contributed by atoms with Gasteiger partial charge in [-0.05, 0) is 17.9 Å². The standard InChI is InChI=1S/C21H25N5O4S/c1-4-8-25-20(28)19-16(7-9-31-19)26-17(23-24-21(25)26)5-6-18(27)22-13-10-14(29-2)12-15(11-13)30-3/h7,9-12,21,24H,4-6,8H2,1-3H3,(H,22,27). The maximum atomic E-state index is 12.8. The van der Waals surface area contributed by atoms with E-state index in [-0.39, 0.29) is 24.5 Å². The predicted octanol–water partition coefficient (Wildman–Crippen LogP) is 3.06. The molecule has 0 radical (unpaired) electrons. The molecule has 4 rings (SSSR count). The molecule has 0 saturated carbocycles. The molecule has 9 nitrogen and oxygen atoms in total. The third-order valence-electron chi connectivity index (χ3n) is 5.16. The highest BCUT2D eigenvalue weighted by atomic mass is 32.1. The molecule has 1 atom stereocenters. The summed E-state index contributed by atoms with van der Waals surface area (Å²) in [4.78, 5) is 29.9. The van der Waals surface area contributed by atoms with Gasteiger partial charge in [0.05, 0.1) is 19.9 Å². The van der Waals surface area contributed by atoms with Gasteiger partial charge in [0.15, 0.2) is 0 Å². The fraction of sp³-hybridized carbons (Fsp3) is 0.381. The summed E-state index contributed by atoms with van der Waals surface area (Å²) >= 11 is 1.43. The van der Waals surface area contributed by atoms with Crippen molar-refractivity contribution in [3.8, 4) is 11.5 Å². The van der Waals surface area contributed by atoms with Crippen LogP contribution in [-0.2, 0) is 4.79 Å². The van der Waals surface area contributed by atoms with Crippen LogP contribution in [0.5, 0.6) is 11.5 Å². The summed E-state index contributed by atoms with van der Waals surface area (Å²) in [6.45, 7) is 2.67. The van der Waals surface area contributed by atoms with E-state index >= 15 is 0 Å². The largest absolute Gasteiger partial charge is 0.497 e. The SMILES string of the molecule is CCCN1C(=O)c2sccc2N2C(CCC(=O)Nc3cc(OC)cc(OC)c3)=NNC12. The number of hydrogen-bond donors (Lipinski definition) is 2. The van der Waals surface area contributed by atoms with Crippen LogP contribution in [0.15, 0.2) is 34.7 Å². The van der Waals surface area contributed by atoms with E-state index in [4.69, 9.17) is 9.47 Å². The Kier molecular flexibility index (Phi) is 5.99. The maximum absolute atomic E-state index is 12.8. The number of fused-ring (bicyclic) bond motifs is 3. The minimum atomic E-state index is -0.352. The lowest BCUT2D eigenvalue weighted by molar-refractivity contribution is -0.116. The third kappa shape index (κ3) is 4.02. The Labute approximate surface area is 184 Å². The highest BCUT2D eigenvalue weighted by Crippen LogP contribution is 2.37. The molecule has 2 aliphatic heterocycles. The van der Waals surface area contributed by atoms with Crippen molar-refractivity contribution in [3.05, 3.63) is 34.5 Å². The fourth-order valence-electron chi connectivity index (χ4n) is 3.73. The molecule has 1 aromatic carbocycles. The average molecular weight is 444 g/mol. The quantitative estimate of drug-likeness (QED) is 0.651. The highest BCUT2D eigenvalue weighted by molar-refractivity contribution is 7.12. The van der Waals surface area contributed by atoms with Crippen molar-refractivity contribution < 1.29 is 19.1 Å². The molecule has 0 aliphatic carbocycles. The number of amidine groups is 1. The van der Waals surface area contributed by atoms with Crippen molar-refractivity contribution in [2.24, 2.45) is 5.10 Å². The van der Waals surface area contributed by atoms with Gasteiger partial charge in [0, 0.05) is 43.3 Å². The number of hydrazone groups is 1. The summed E-state index contributed by atoms with van der Waals surface area (Å²) in [7, 11) is 3.12. The van der Waals surface area contributed by atoms with Crippen LogP contribution in [0.25, 0.3) is 0 Å². The summed E-state index contributed by atoms with van der Waals surface area (Å²) < 4.78 is 10.5. The molecule has 2 amide bonds. The Hall–Kier alpha value is -3.27. The smallest absolute Gasteiger partial charge is 0.269 e. The van der Waals surface area contributed by atoms with E-state index in [9.17, 15) is 9.59 Å². The van der Waals surface area contributed by atoms with Crippen LogP contribution in [0, 0.1) is 0 Å². The Bertz CT molecular complexity index is 999. The maximum Gasteiger partial charge on any atom is 0.269 e. The van der Waals surface area contributed by atoms with Gasteiger partial charge in [-0.25, -0.2) is 0 Å². The molecular weight excluding hydrogens is 418 g/mol. The zero-order valence-corrected chi connectivity index (χ0v) is 18.5. The van der Waals surface area contributed by atoms with E-state index < -0.39 is 0 Å². The molecule has 10 heteroatoms. The summed E-state index contributed by atoms with van der Waals surface area (Å²) in [6, 6.07) is 7.15. The van der Waals surface area contributed by atoms with Crippen LogP contribution in [0.1, 0.15) is 35.9 Å². The third-order valence-corrected chi connectivity index (χ3v) is 6.05. The van der Waals surface area contributed by atoms with E-state index in [1.54, 1.807) is 37.3 Å². The minimum Gasteiger partial charge on any atom is -0.497 e. The molecule has 0 fully saturated rings. The molecule has 0 saturated heterocycles. The summed E-state index contributed by atoms with van der Waals surface area (Å²) in [5.41, 5.74) is 4.51. The van der Waals surface area contributed by atoms with Gasteiger partial charge in [-0.3, -0.25) is 24.8 Å². The number of methoxy groups -OCH3 is 2. The minimum absolute atomic E-state index is 0.0155. The van der Waals surface area contributed by atoms with Crippen LogP contribution >= 0.6 is 11.3 Å². The molecule has 0 spiro atoms. The number of carbonyl (C=O) groups excluding carboxylic acids is 2. The van der Waals surface area contributed by atoms with Crippen LogP contribution in [0.4, 0.5) is 11.4 Å². The number of ether oxygens (including phenoxy) is 2. The van der Waals surface area contributed by atoms with Crippen molar-refractivity contribution in [2.75, 3.05) is 31.0 Å². The molecule has 0 bridgehead atoms. The van der Waals surface area contributed by atoms with Gasteiger partial charge in [-0.2, -0.15) is 5.10 Å². The zero-order valence-electron chi connectivity index (χ0n) is 17.7. The van der Waals surface area contributed by atoms with E-state index in [0.717, 1.165) is 17.9 Å². The van der Waals surface area contributed by atoms with Gasteiger partial charge >= 0.3 is 0 Å². The number of thiophene rings is 1. The molecular formula is C21H25N5O4S. The van der Waals surface area contributed by atoms with E-state index in [1.165, 1.54) is 11.3 Å². The first kappa shape index (κ1) is 21.0. The normalized spacial score (nSPS) is 16.9. The Morgan fingerprint density at radius 1 is 1.26 bits per heavy atom. The number of amides is 2. The Morgan fingerprint density at radius 2 is 2.00 bits per heavy atom. The monoisotopic (exact) mass is 443 g/mol. The number of benzene rings is 1. The van der Waals surface area contributed by atoms with Crippen molar-refractivity contribution >= 4 is 40.4 Å². The van der Waals surface area contributed by atoms with Gasteiger partial charge in [-0.1, -0.05) is 6.92 Å². The molecule has 1 unspecified atom stereocenters. The van der Waals surface area contributed by atoms with Gasteiger partial charge in [0.25, 0.3) is 5.91 Å². The van der Waals surface area contributed by atoms with Crippen molar-refractivity contribution in [3.63, 3.8) is 0 Å². The number of anilines is 2.